The Morgan fingerprint density at radius 3 is 2.65 bits per heavy atom. The van der Waals surface area contributed by atoms with Crippen LogP contribution in [0.5, 0.6) is 5.75 Å². The molecule has 0 aliphatic carbocycles. The van der Waals surface area contributed by atoms with Gasteiger partial charge >= 0.3 is 5.97 Å². The van der Waals surface area contributed by atoms with Crippen LogP contribution in [-0.4, -0.2) is 52.1 Å². The highest BCUT2D eigenvalue weighted by Crippen LogP contribution is 2.36. The number of rotatable bonds is 8. The number of likely N-dealkylation sites (N-methyl/N-ethyl adjacent to an activating group) is 1. The van der Waals surface area contributed by atoms with Crippen molar-refractivity contribution in [3.05, 3.63) is 82.4 Å². The summed E-state index contributed by atoms with van der Waals surface area (Å²) in [5, 5.41) is 12.2. The average molecular weight is 544 g/mol. The van der Waals surface area contributed by atoms with E-state index in [-0.39, 0.29) is 22.7 Å². The fraction of sp³-hybridized carbons (Fsp3) is 0.231. The smallest absolute Gasteiger partial charge is 0.335 e. The van der Waals surface area contributed by atoms with E-state index in [0.29, 0.717) is 35.1 Å². The molecule has 1 aliphatic heterocycles. The molecule has 4 rings (SSSR count). The number of carboxylic acids is 1. The van der Waals surface area contributed by atoms with Crippen LogP contribution in [0.1, 0.15) is 21.5 Å². The van der Waals surface area contributed by atoms with Gasteiger partial charge in [0.1, 0.15) is 18.9 Å². The Morgan fingerprint density at radius 2 is 1.89 bits per heavy atom. The highest BCUT2D eigenvalue weighted by atomic mass is 35.5. The highest BCUT2D eigenvalue weighted by Gasteiger charge is 2.30. The number of carbonyl (C=O) groups is 2. The normalized spacial score (nSPS) is 12.9. The summed E-state index contributed by atoms with van der Waals surface area (Å²) in [4.78, 5) is 26.1. The molecule has 0 unspecified atom stereocenters. The first-order chi connectivity index (χ1) is 17.6. The third-order valence-corrected chi connectivity index (χ3v) is 8.24. The molecule has 2 N–H and O–H groups in total. The summed E-state index contributed by atoms with van der Waals surface area (Å²) in [6.07, 6.45) is 0. The van der Waals surface area contributed by atoms with Gasteiger partial charge in [0.2, 0.25) is 5.91 Å². The van der Waals surface area contributed by atoms with Gasteiger partial charge in [0.25, 0.3) is 10.0 Å². The second kappa shape index (κ2) is 10.7. The molecule has 0 saturated heterocycles. The van der Waals surface area contributed by atoms with Gasteiger partial charge in [-0.15, -0.1) is 0 Å². The number of aromatic carboxylic acids is 1. The maximum atomic E-state index is 13.9. The number of hydrogen-bond donors (Lipinski definition) is 2. The van der Waals surface area contributed by atoms with E-state index < -0.39 is 28.4 Å². The number of fused-ring (bicyclic) bond motifs is 1. The van der Waals surface area contributed by atoms with Crippen LogP contribution < -0.4 is 19.3 Å². The minimum atomic E-state index is -4.20. The van der Waals surface area contributed by atoms with Gasteiger partial charge in [-0.3, -0.25) is 9.10 Å². The number of carboxylic acid groups (broad SMARTS) is 1. The van der Waals surface area contributed by atoms with Crippen LogP contribution in [0.2, 0.25) is 5.02 Å². The molecule has 0 radical (unpaired) electrons. The van der Waals surface area contributed by atoms with E-state index in [4.69, 9.17) is 16.3 Å². The molecule has 0 saturated carbocycles. The van der Waals surface area contributed by atoms with Crippen molar-refractivity contribution in [1.82, 2.24) is 5.32 Å². The van der Waals surface area contributed by atoms with Crippen LogP contribution in [0.4, 0.5) is 11.4 Å². The van der Waals surface area contributed by atoms with Gasteiger partial charge in [-0.05, 0) is 54.4 Å². The molecule has 9 nitrogen and oxygen atoms in total. The summed E-state index contributed by atoms with van der Waals surface area (Å²) >= 11 is 6.29. The molecule has 194 valence electrons. The van der Waals surface area contributed by atoms with Crippen molar-refractivity contribution in [2.24, 2.45) is 0 Å². The minimum Gasteiger partial charge on any atom is -0.490 e. The van der Waals surface area contributed by atoms with Crippen LogP contribution in [0.15, 0.2) is 65.6 Å². The zero-order valence-electron chi connectivity index (χ0n) is 20.3. The Hall–Kier alpha value is -3.76. The maximum Gasteiger partial charge on any atom is 0.335 e. The zero-order valence-corrected chi connectivity index (χ0v) is 21.8. The van der Waals surface area contributed by atoms with E-state index in [2.05, 4.69) is 5.32 Å². The number of amides is 1. The Balaban J connectivity index is 1.64. The van der Waals surface area contributed by atoms with Crippen LogP contribution in [-0.2, 0) is 21.4 Å². The van der Waals surface area contributed by atoms with E-state index in [1.54, 1.807) is 43.3 Å². The molecule has 0 spiro atoms. The lowest BCUT2D eigenvalue weighted by Gasteiger charge is -2.29. The van der Waals surface area contributed by atoms with Gasteiger partial charge in [0.15, 0.2) is 0 Å². The van der Waals surface area contributed by atoms with Gasteiger partial charge in [-0.2, -0.15) is 0 Å². The van der Waals surface area contributed by atoms with Crippen molar-refractivity contribution < 1.29 is 27.9 Å². The second-order valence-corrected chi connectivity index (χ2v) is 10.8. The van der Waals surface area contributed by atoms with Crippen LogP contribution >= 0.6 is 11.6 Å². The number of nitrogens with one attached hydrogen (secondary N) is 1. The minimum absolute atomic E-state index is 0.0251. The van der Waals surface area contributed by atoms with E-state index >= 15 is 0 Å². The molecule has 1 aliphatic rings. The zero-order chi connectivity index (χ0) is 26.7. The Bertz CT molecular complexity index is 1460. The average Bonchev–Trinajstić information content (AvgIpc) is 2.88. The van der Waals surface area contributed by atoms with Gasteiger partial charge < -0.3 is 20.1 Å². The number of benzene rings is 3. The quantitative estimate of drug-likeness (QED) is 0.445. The van der Waals surface area contributed by atoms with Crippen molar-refractivity contribution in [2.75, 3.05) is 35.9 Å². The first kappa shape index (κ1) is 26.3. The van der Waals surface area contributed by atoms with Crippen molar-refractivity contribution in [3.63, 3.8) is 0 Å². The molecule has 0 fully saturated rings. The monoisotopic (exact) mass is 543 g/mol. The predicted octanol–water partition coefficient (Wildman–Crippen LogP) is 3.69. The molecule has 1 amide bonds. The molecule has 0 atom stereocenters. The van der Waals surface area contributed by atoms with E-state index in [1.165, 1.54) is 24.3 Å². The van der Waals surface area contributed by atoms with Crippen molar-refractivity contribution >= 4 is 44.9 Å². The summed E-state index contributed by atoms with van der Waals surface area (Å²) < 4.78 is 34.4. The molecule has 0 bridgehead atoms. The number of hydrogen-bond acceptors (Lipinski definition) is 6. The van der Waals surface area contributed by atoms with Gasteiger partial charge in [0, 0.05) is 24.7 Å². The Kier molecular flexibility index (Phi) is 7.60. The van der Waals surface area contributed by atoms with Crippen molar-refractivity contribution in [2.45, 2.75) is 18.4 Å². The summed E-state index contributed by atoms with van der Waals surface area (Å²) in [5.74, 6) is -1.21. The Morgan fingerprint density at radius 1 is 1.14 bits per heavy atom. The SMILES string of the molecule is Cc1c(Cl)cccc1N(CC(=O)NCc1cccc(C(=O)O)c1)S(=O)(=O)c1ccc2c(c1)OCCN2C. The lowest BCUT2D eigenvalue weighted by molar-refractivity contribution is -0.119. The predicted molar refractivity (Wildman–Crippen MR) is 141 cm³/mol. The van der Waals surface area contributed by atoms with Crippen LogP contribution in [0.25, 0.3) is 0 Å². The Labute approximate surface area is 220 Å². The molecule has 37 heavy (non-hydrogen) atoms. The third-order valence-electron chi connectivity index (χ3n) is 6.07. The summed E-state index contributed by atoms with van der Waals surface area (Å²) in [7, 11) is -2.31. The lowest BCUT2D eigenvalue weighted by atomic mass is 10.1. The third kappa shape index (κ3) is 5.65. The van der Waals surface area contributed by atoms with Crippen molar-refractivity contribution in [1.29, 1.82) is 0 Å². The van der Waals surface area contributed by atoms with Crippen molar-refractivity contribution in [3.8, 4) is 5.75 Å². The molecular weight excluding hydrogens is 518 g/mol. The number of halogens is 1. The number of nitrogens with zero attached hydrogens (tertiary/aromatic N) is 2. The number of anilines is 2. The number of ether oxygens (including phenoxy) is 1. The van der Waals surface area contributed by atoms with Crippen LogP contribution in [0, 0.1) is 6.92 Å². The molecule has 11 heteroatoms. The molecule has 0 aromatic heterocycles. The maximum absolute atomic E-state index is 13.9. The molecule has 1 heterocycles. The summed E-state index contributed by atoms with van der Waals surface area (Å²) in [6, 6.07) is 15.6. The molecular formula is C26H26ClN3O6S. The van der Waals surface area contributed by atoms with E-state index in [9.17, 15) is 23.1 Å². The fourth-order valence-electron chi connectivity index (χ4n) is 3.99. The van der Waals surface area contributed by atoms with E-state index in [1.807, 2.05) is 11.9 Å². The topological polar surface area (TPSA) is 116 Å². The standard InChI is InChI=1S/C26H26ClN3O6S/c1-17-21(27)7-4-8-22(17)30(16-25(31)28-15-18-5-3-6-19(13-18)26(32)33)37(34,35)20-9-10-23-24(14-20)36-12-11-29(23)2/h3-10,13-14H,11-12,15-16H2,1-2H3,(H,28,31)(H,32,33). The fourth-order valence-corrected chi connectivity index (χ4v) is 5.66. The number of carbonyl (C=O) groups excluding carboxylic acids is 1. The lowest BCUT2D eigenvalue weighted by Crippen LogP contribution is -2.41. The highest BCUT2D eigenvalue weighted by molar-refractivity contribution is 7.92. The number of sulfonamides is 1. The first-order valence-corrected chi connectivity index (χ1v) is 13.2. The van der Waals surface area contributed by atoms with Gasteiger partial charge in [-0.25, -0.2) is 13.2 Å². The largest absolute Gasteiger partial charge is 0.490 e. The summed E-state index contributed by atoms with van der Waals surface area (Å²) in [6.45, 7) is 2.31. The first-order valence-electron chi connectivity index (χ1n) is 11.4. The molecule has 3 aromatic carbocycles. The van der Waals surface area contributed by atoms with E-state index in [0.717, 1.165) is 9.99 Å². The van der Waals surface area contributed by atoms with Gasteiger partial charge in [-0.1, -0.05) is 29.8 Å². The van der Waals surface area contributed by atoms with Crippen LogP contribution in [0.3, 0.4) is 0 Å². The summed E-state index contributed by atoms with van der Waals surface area (Å²) in [5.41, 5.74) is 2.20. The second-order valence-electron chi connectivity index (χ2n) is 8.58. The van der Waals surface area contributed by atoms with Gasteiger partial charge in [0.05, 0.1) is 28.4 Å². The molecule has 3 aromatic rings.